The Labute approximate surface area is 165 Å². The highest BCUT2D eigenvalue weighted by Crippen LogP contribution is 2.33. The Morgan fingerprint density at radius 3 is 2.75 bits per heavy atom. The first-order chi connectivity index (χ1) is 13.7. The van der Waals surface area contributed by atoms with E-state index in [0.717, 1.165) is 21.1 Å². The SMILES string of the molecule is O=C(Cc1ccc2c(c1)OCO2)N1CCN(c2nc3c(F)cccc3s2)CC1. The molecule has 2 aromatic carbocycles. The number of fused-ring (bicyclic) bond motifs is 2. The number of anilines is 1. The van der Waals surface area contributed by atoms with Crippen molar-refractivity contribution < 1.29 is 18.7 Å². The maximum Gasteiger partial charge on any atom is 0.231 e. The van der Waals surface area contributed by atoms with Gasteiger partial charge in [-0.1, -0.05) is 23.5 Å². The first-order valence-electron chi connectivity index (χ1n) is 9.14. The number of benzene rings is 2. The Bertz CT molecular complexity index is 1050. The van der Waals surface area contributed by atoms with Crippen LogP contribution in [-0.4, -0.2) is 48.8 Å². The third-order valence-electron chi connectivity index (χ3n) is 5.05. The molecular formula is C20H18FN3O3S. The summed E-state index contributed by atoms with van der Waals surface area (Å²) in [4.78, 5) is 21.1. The minimum atomic E-state index is -0.294. The van der Waals surface area contributed by atoms with Crippen LogP contribution < -0.4 is 14.4 Å². The molecule has 8 heteroatoms. The Morgan fingerprint density at radius 1 is 1.11 bits per heavy atom. The van der Waals surface area contributed by atoms with Gasteiger partial charge in [-0.3, -0.25) is 4.79 Å². The Hall–Kier alpha value is -2.87. The normalized spacial score (nSPS) is 16.0. The number of halogens is 1. The molecule has 0 bridgehead atoms. The molecule has 1 fully saturated rings. The van der Waals surface area contributed by atoms with Gasteiger partial charge in [-0.2, -0.15) is 0 Å². The number of ether oxygens (including phenoxy) is 2. The number of piperazine rings is 1. The third-order valence-corrected chi connectivity index (χ3v) is 6.14. The maximum absolute atomic E-state index is 13.9. The summed E-state index contributed by atoms with van der Waals surface area (Å²) in [6, 6.07) is 10.6. The number of para-hydroxylation sites is 1. The van der Waals surface area contributed by atoms with Crippen molar-refractivity contribution in [3.63, 3.8) is 0 Å². The van der Waals surface area contributed by atoms with Crippen LogP contribution in [-0.2, 0) is 11.2 Å². The van der Waals surface area contributed by atoms with E-state index < -0.39 is 0 Å². The molecule has 0 saturated carbocycles. The zero-order chi connectivity index (χ0) is 19.1. The van der Waals surface area contributed by atoms with Gasteiger partial charge in [0.15, 0.2) is 16.6 Å². The largest absolute Gasteiger partial charge is 0.454 e. The van der Waals surface area contributed by atoms with Crippen molar-refractivity contribution in [2.45, 2.75) is 6.42 Å². The molecule has 0 N–H and O–H groups in total. The van der Waals surface area contributed by atoms with Gasteiger partial charge in [-0.25, -0.2) is 9.37 Å². The number of aromatic nitrogens is 1. The summed E-state index contributed by atoms with van der Waals surface area (Å²) < 4.78 is 25.4. The average Bonchev–Trinajstić information content (AvgIpc) is 3.35. The quantitative estimate of drug-likeness (QED) is 0.678. The summed E-state index contributed by atoms with van der Waals surface area (Å²) in [5.74, 6) is 1.21. The first kappa shape index (κ1) is 17.2. The summed E-state index contributed by atoms with van der Waals surface area (Å²) in [5.41, 5.74) is 1.34. The van der Waals surface area contributed by atoms with Crippen molar-refractivity contribution in [2.24, 2.45) is 0 Å². The Kier molecular flexibility index (Phi) is 4.27. The molecule has 6 nitrogen and oxygen atoms in total. The lowest BCUT2D eigenvalue weighted by molar-refractivity contribution is -0.130. The van der Waals surface area contributed by atoms with E-state index in [1.54, 1.807) is 6.07 Å². The van der Waals surface area contributed by atoms with Crippen molar-refractivity contribution in [3.05, 3.63) is 47.8 Å². The van der Waals surface area contributed by atoms with Crippen LogP contribution in [0.25, 0.3) is 10.2 Å². The van der Waals surface area contributed by atoms with E-state index in [9.17, 15) is 9.18 Å². The van der Waals surface area contributed by atoms with Crippen molar-refractivity contribution in [2.75, 3.05) is 37.9 Å². The van der Waals surface area contributed by atoms with Crippen molar-refractivity contribution in [1.82, 2.24) is 9.88 Å². The summed E-state index contributed by atoms with van der Waals surface area (Å²) in [6.07, 6.45) is 0.336. The molecule has 0 atom stereocenters. The molecule has 0 unspecified atom stereocenters. The predicted molar refractivity (Wildman–Crippen MR) is 105 cm³/mol. The van der Waals surface area contributed by atoms with Gasteiger partial charge in [0.1, 0.15) is 11.3 Å². The highest BCUT2D eigenvalue weighted by Gasteiger charge is 2.24. The minimum absolute atomic E-state index is 0.0915. The molecule has 1 amide bonds. The lowest BCUT2D eigenvalue weighted by Gasteiger charge is -2.34. The van der Waals surface area contributed by atoms with Crippen LogP contribution in [0, 0.1) is 5.82 Å². The van der Waals surface area contributed by atoms with Crippen molar-refractivity contribution in [1.29, 1.82) is 0 Å². The second-order valence-electron chi connectivity index (χ2n) is 6.82. The van der Waals surface area contributed by atoms with Gasteiger partial charge in [0.05, 0.1) is 11.1 Å². The number of hydrogen-bond acceptors (Lipinski definition) is 6. The van der Waals surface area contributed by atoms with Crippen LogP contribution in [0.2, 0.25) is 0 Å². The summed E-state index contributed by atoms with van der Waals surface area (Å²) in [7, 11) is 0. The molecular weight excluding hydrogens is 381 g/mol. The molecule has 0 spiro atoms. The van der Waals surface area contributed by atoms with E-state index in [2.05, 4.69) is 9.88 Å². The van der Waals surface area contributed by atoms with E-state index in [1.165, 1.54) is 17.4 Å². The van der Waals surface area contributed by atoms with Crippen molar-refractivity contribution >= 4 is 32.6 Å². The molecule has 5 rings (SSSR count). The first-order valence-corrected chi connectivity index (χ1v) is 9.95. The fourth-order valence-corrected chi connectivity index (χ4v) is 4.55. The number of carbonyl (C=O) groups excluding carboxylic acids is 1. The topological polar surface area (TPSA) is 54.9 Å². The molecule has 2 aliphatic rings. The van der Waals surface area contributed by atoms with Crippen molar-refractivity contribution in [3.8, 4) is 11.5 Å². The lowest BCUT2D eigenvalue weighted by Crippen LogP contribution is -2.49. The number of rotatable bonds is 3. The third kappa shape index (κ3) is 3.13. The molecule has 1 saturated heterocycles. The zero-order valence-corrected chi connectivity index (χ0v) is 15.9. The highest BCUT2D eigenvalue weighted by atomic mass is 32.1. The number of thiazole rings is 1. The van der Waals surface area contributed by atoms with Gasteiger partial charge in [-0.15, -0.1) is 0 Å². The Morgan fingerprint density at radius 2 is 1.93 bits per heavy atom. The number of carbonyl (C=O) groups is 1. The van der Waals surface area contributed by atoms with Crippen LogP contribution in [0.5, 0.6) is 11.5 Å². The average molecular weight is 399 g/mol. The predicted octanol–water partition coefficient (Wildman–Crippen LogP) is 3.06. The van der Waals surface area contributed by atoms with Crippen LogP contribution in [0.4, 0.5) is 9.52 Å². The molecule has 28 heavy (non-hydrogen) atoms. The summed E-state index contributed by atoms with van der Waals surface area (Å²) in [6.45, 7) is 2.86. The molecule has 0 aliphatic carbocycles. The van der Waals surface area contributed by atoms with Crippen LogP contribution in [0.15, 0.2) is 36.4 Å². The van der Waals surface area contributed by atoms with E-state index in [0.29, 0.717) is 43.9 Å². The van der Waals surface area contributed by atoms with E-state index in [-0.39, 0.29) is 18.5 Å². The monoisotopic (exact) mass is 399 g/mol. The number of amides is 1. The molecule has 144 valence electrons. The second-order valence-corrected chi connectivity index (χ2v) is 7.82. The van der Waals surface area contributed by atoms with Gasteiger partial charge in [0.2, 0.25) is 12.7 Å². The van der Waals surface area contributed by atoms with Gasteiger partial charge in [0.25, 0.3) is 0 Å². The van der Waals surface area contributed by atoms with Gasteiger partial charge in [0, 0.05) is 26.2 Å². The van der Waals surface area contributed by atoms with Gasteiger partial charge in [-0.05, 0) is 29.8 Å². The van der Waals surface area contributed by atoms with E-state index in [4.69, 9.17) is 9.47 Å². The fourth-order valence-electron chi connectivity index (χ4n) is 3.52. The molecule has 3 aromatic rings. The van der Waals surface area contributed by atoms with E-state index in [1.807, 2.05) is 29.2 Å². The van der Waals surface area contributed by atoms with Crippen LogP contribution in [0.3, 0.4) is 0 Å². The molecule has 3 heterocycles. The van der Waals surface area contributed by atoms with Gasteiger partial charge >= 0.3 is 0 Å². The Balaban J connectivity index is 1.22. The highest BCUT2D eigenvalue weighted by molar-refractivity contribution is 7.22. The molecule has 1 aromatic heterocycles. The fraction of sp³-hybridized carbons (Fsp3) is 0.300. The minimum Gasteiger partial charge on any atom is -0.454 e. The number of hydrogen-bond donors (Lipinski definition) is 0. The number of nitrogens with zero attached hydrogens (tertiary/aromatic N) is 3. The summed E-state index contributed by atoms with van der Waals surface area (Å²) >= 11 is 1.49. The zero-order valence-electron chi connectivity index (χ0n) is 15.1. The maximum atomic E-state index is 13.9. The summed E-state index contributed by atoms with van der Waals surface area (Å²) in [5, 5.41) is 0.808. The van der Waals surface area contributed by atoms with Crippen LogP contribution >= 0.6 is 11.3 Å². The van der Waals surface area contributed by atoms with E-state index >= 15 is 0 Å². The molecule has 0 radical (unpaired) electrons. The smallest absolute Gasteiger partial charge is 0.231 e. The second kappa shape index (κ2) is 6.94. The van der Waals surface area contributed by atoms with Crippen LogP contribution in [0.1, 0.15) is 5.56 Å². The standard InChI is InChI=1S/C20H18FN3O3S/c21-14-2-1-3-17-19(14)22-20(28-17)24-8-6-23(7-9-24)18(25)11-13-4-5-15-16(10-13)27-12-26-15/h1-5,10H,6-9,11-12H2. The molecule has 2 aliphatic heterocycles. The van der Waals surface area contributed by atoms with Gasteiger partial charge < -0.3 is 19.3 Å². The lowest BCUT2D eigenvalue weighted by atomic mass is 10.1.